The molecular formula is C13H15N3O3S. The fourth-order valence-electron chi connectivity index (χ4n) is 2.21. The van der Waals surface area contributed by atoms with Gasteiger partial charge in [-0.1, -0.05) is 0 Å². The van der Waals surface area contributed by atoms with Crippen LogP contribution >= 0.6 is 0 Å². The molecule has 0 radical (unpaired) electrons. The van der Waals surface area contributed by atoms with Gasteiger partial charge in [0, 0.05) is 31.8 Å². The Balaban J connectivity index is 1.87. The first kappa shape index (κ1) is 13.1. The number of rotatable bonds is 4. The van der Waals surface area contributed by atoms with Gasteiger partial charge in [0.2, 0.25) is 10.0 Å². The molecule has 1 N–H and O–H groups in total. The second-order valence-electron chi connectivity index (χ2n) is 4.74. The van der Waals surface area contributed by atoms with E-state index in [9.17, 15) is 8.42 Å². The van der Waals surface area contributed by atoms with Gasteiger partial charge < -0.3 is 4.74 Å². The van der Waals surface area contributed by atoms with Crippen LogP contribution in [0.3, 0.4) is 0 Å². The Kier molecular flexibility index (Phi) is 3.23. The summed E-state index contributed by atoms with van der Waals surface area (Å²) in [6, 6.07) is 5.01. The van der Waals surface area contributed by atoms with E-state index in [1.165, 1.54) is 4.31 Å². The van der Waals surface area contributed by atoms with Gasteiger partial charge >= 0.3 is 0 Å². The Hall–Kier alpha value is -1.86. The van der Waals surface area contributed by atoms with Gasteiger partial charge in [0.15, 0.2) is 0 Å². The van der Waals surface area contributed by atoms with Crippen molar-refractivity contribution in [3.05, 3.63) is 41.7 Å². The van der Waals surface area contributed by atoms with E-state index in [2.05, 4.69) is 10.2 Å². The van der Waals surface area contributed by atoms with Crippen LogP contribution in [0.5, 0.6) is 5.75 Å². The van der Waals surface area contributed by atoms with Crippen molar-refractivity contribution in [2.45, 2.75) is 17.9 Å². The van der Waals surface area contributed by atoms with Crippen LogP contribution in [0, 0.1) is 0 Å². The highest BCUT2D eigenvalue weighted by Crippen LogP contribution is 2.28. The molecule has 0 bridgehead atoms. The molecule has 0 saturated carbocycles. The zero-order valence-corrected chi connectivity index (χ0v) is 11.9. The second-order valence-corrected chi connectivity index (χ2v) is 6.78. The van der Waals surface area contributed by atoms with Crippen LogP contribution in [0.15, 0.2) is 35.5 Å². The summed E-state index contributed by atoms with van der Waals surface area (Å²) in [7, 11) is -1.94. The third-order valence-electron chi connectivity index (χ3n) is 3.33. The zero-order chi connectivity index (χ0) is 14.2. The first-order valence-corrected chi connectivity index (χ1v) is 7.71. The van der Waals surface area contributed by atoms with Crippen molar-refractivity contribution in [3.63, 3.8) is 0 Å². The molecule has 6 nitrogen and oxygen atoms in total. The number of benzene rings is 1. The molecule has 106 valence electrons. The van der Waals surface area contributed by atoms with Crippen molar-refractivity contribution in [1.82, 2.24) is 14.5 Å². The molecule has 0 fully saturated rings. The van der Waals surface area contributed by atoms with Crippen LogP contribution in [0.4, 0.5) is 0 Å². The number of H-pyrrole nitrogens is 1. The van der Waals surface area contributed by atoms with Gasteiger partial charge in [-0.05, 0) is 23.8 Å². The van der Waals surface area contributed by atoms with Gasteiger partial charge in [-0.3, -0.25) is 5.10 Å². The Labute approximate surface area is 117 Å². The predicted molar refractivity (Wildman–Crippen MR) is 72.9 cm³/mol. The Bertz CT molecular complexity index is 710. The number of nitrogens with zero attached hydrogens (tertiary/aromatic N) is 2. The summed E-state index contributed by atoms with van der Waals surface area (Å²) in [5.41, 5.74) is 1.77. The van der Waals surface area contributed by atoms with Gasteiger partial charge in [-0.2, -0.15) is 9.40 Å². The van der Waals surface area contributed by atoms with Crippen molar-refractivity contribution in [2.24, 2.45) is 0 Å². The van der Waals surface area contributed by atoms with E-state index in [-0.39, 0.29) is 6.54 Å². The molecule has 0 aliphatic carbocycles. The van der Waals surface area contributed by atoms with E-state index in [1.807, 2.05) is 0 Å². The van der Waals surface area contributed by atoms with Crippen LogP contribution in [-0.4, -0.2) is 36.6 Å². The summed E-state index contributed by atoms with van der Waals surface area (Å²) < 4.78 is 31.7. The lowest BCUT2D eigenvalue weighted by molar-refractivity contribution is 0.356. The normalized spacial score (nSPS) is 14.3. The van der Waals surface area contributed by atoms with E-state index < -0.39 is 10.0 Å². The van der Waals surface area contributed by atoms with Crippen molar-refractivity contribution >= 4 is 10.0 Å². The molecule has 0 atom stereocenters. The molecule has 20 heavy (non-hydrogen) atoms. The van der Waals surface area contributed by atoms with Crippen molar-refractivity contribution < 1.29 is 13.2 Å². The highest BCUT2D eigenvalue weighted by atomic mass is 32.2. The van der Waals surface area contributed by atoms with Crippen LogP contribution < -0.4 is 4.74 Å². The lowest BCUT2D eigenvalue weighted by Crippen LogP contribution is -2.26. The largest absolute Gasteiger partial charge is 0.493 e. The summed E-state index contributed by atoms with van der Waals surface area (Å²) in [6.07, 6.45) is 4.05. The molecule has 0 unspecified atom stereocenters. The topological polar surface area (TPSA) is 75.3 Å². The maximum Gasteiger partial charge on any atom is 0.243 e. The molecule has 0 amide bonds. The maximum atomic E-state index is 12.5. The summed E-state index contributed by atoms with van der Waals surface area (Å²) in [5.74, 6) is 0.779. The summed E-state index contributed by atoms with van der Waals surface area (Å²) in [5, 5.41) is 6.49. The summed E-state index contributed by atoms with van der Waals surface area (Å²) >= 11 is 0. The first-order valence-electron chi connectivity index (χ1n) is 6.27. The molecule has 7 heteroatoms. The molecule has 3 rings (SSSR count). The smallest absolute Gasteiger partial charge is 0.243 e. The molecule has 1 aliphatic rings. The van der Waals surface area contributed by atoms with Crippen molar-refractivity contribution in [2.75, 3.05) is 13.7 Å². The molecule has 0 spiro atoms. The highest BCUT2D eigenvalue weighted by molar-refractivity contribution is 7.89. The van der Waals surface area contributed by atoms with Gasteiger partial charge in [0.05, 0.1) is 17.7 Å². The minimum Gasteiger partial charge on any atom is -0.493 e. The van der Waals surface area contributed by atoms with Gasteiger partial charge in [-0.25, -0.2) is 8.42 Å². The number of ether oxygens (including phenoxy) is 1. The van der Waals surface area contributed by atoms with Crippen LogP contribution in [0.25, 0.3) is 0 Å². The molecule has 1 aromatic carbocycles. The fraction of sp³-hybridized carbons (Fsp3) is 0.308. The third-order valence-corrected chi connectivity index (χ3v) is 5.13. The average Bonchev–Trinajstić information content (AvgIpc) is 3.07. The van der Waals surface area contributed by atoms with Gasteiger partial charge in [-0.15, -0.1) is 0 Å². The standard InChI is InChI=1S/C13H15N3O3S/c1-16(9-10-7-14-15-8-10)20(17,18)12-2-3-13-11(6-12)4-5-19-13/h2-3,6-8H,4-5,9H2,1H3,(H,14,15). The van der Waals surface area contributed by atoms with Crippen molar-refractivity contribution in [1.29, 1.82) is 0 Å². The van der Waals surface area contributed by atoms with E-state index in [4.69, 9.17) is 4.74 Å². The average molecular weight is 293 g/mol. The number of aromatic nitrogens is 2. The van der Waals surface area contributed by atoms with E-state index in [0.717, 1.165) is 23.3 Å². The van der Waals surface area contributed by atoms with E-state index in [1.54, 1.807) is 37.6 Å². The quantitative estimate of drug-likeness (QED) is 0.918. The lowest BCUT2D eigenvalue weighted by atomic mass is 10.2. The molecule has 2 aromatic rings. The SMILES string of the molecule is CN(Cc1cn[nH]c1)S(=O)(=O)c1ccc2c(c1)CCO2. The first-order chi connectivity index (χ1) is 9.57. The van der Waals surface area contributed by atoms with Crippen LogP contribution in [0.1, 0.15) is 11.1 Å². The van der Waals surface area contributed by atoms with Crippen LogP contribution in [-0.2, 0) is 23.0 Å². The highest BCUT2D eigenvalue weighted by Gasteiger charge is 2.23. The van der Waals surface area contributed by atoms with Crippen LogP contribution in [0.2, 0.25) is 0 Å². The molecular weight excluding hydrogens is 278 g/mol. The minimum atomic E-state index is -3.50. The number of hydrogen-bond donors (Lipinski definition) is 1. The van der Waals surface area contributed by atoms with Gasteiger partial charge in [0.25, 0.3) is 0 Å². The monoisotopic (exact) mass is 293 g/mol. The number of nitrogens with one attached hydrogen (secondary N) is 1. The third kappa shape index (κ3) is 2.30. The zero-order valence-electron chi connectivity index (χ0n) is 11.0. The lowest BCUT2D eigenvalue weighted by Gasteiger charge is -2.16. The minimum absolute atomic E-state index is 0.284. The second kappa shape index (κ2) is 4.92. The summed E-state index contributed by atoms with van der Waals surface area (Å²) in [6.45, 7) is 0.899. The summed E-state index contributed by atoms with van der Waals surface area (Å²) in [4.78, 5) is 0.299. The number of hydrogen-bond acceptors (Lipinski definition) is 4. The van der Waals surface area contributed by atoms with E-state index in [0.29, 0.717) is 11.5 Å². The molecule has 0 saturated heterocycles. The number of aromatic amines is 1. The fourth-order valence-corrected chi connectivity index (χ4v) is 3.42. The molecule has 1 aromatic heterocycles. The number of fused-ring (bicyclic) bond motifs is 1. The predicted octanol–water partition coefficient (Wildman–Crippen LogP) is 1.17. The van der Waals surface area contributed by atoms with Gasteiger partial charge in [0.1, 0.15) is 5.75 Å². The Morgan fingerprint density at radius 3 is 3.05 bits per heavy atom. The van der Waals surface area contributed by atoms with Crippen molar-refractivity contribution in [3.8, 4) is 5.75 Å². The molecule has 1 aliphatic heterocycles. The van der Waals surface area contributed by atoms with E-state index >= 15 is 0 Å². The molecule has 2 heterocycles. The maximum absolute atomic E-state index is 12.5. The Morgan fingerprint density at radius 1 is 1.45 bits per heavy atom. The Morgan fingerprint density at radius 2 is 2.30 bits per heavy atom. The number of sulfonamides is 1.